The predicted molar refractivity (Wildman–Crippen MR) is 72.1 cm³/mol. The molecule has 1 unspecified atom stereocenters. The average Bonchev–Trinajstić information content (AvgIpc) is 3.02. The lowest BCUT2D eigenvalue weighted by molar-refractivity contribution is 0.676. The third kappa shape index (κ3) is 2.41. The van der Waals surface area contributed by atoms with Gasteiger partial charge in [0.2, 0.25) is 0 Å². The normalized spacial score (nSPS) is 25.5. The van der Waals surface area contributed by atoms with E-state index in [0.29, 0.717) is 17.0 Å². The Balaban J connectivity index is 1.88. The first-order valence-corrected chi connectivity index (χ1v) is 7.64. The largest absolute Gasteiger partial charge is 0.384 e. The first kappa shape index (κ1) is 11.3. The van der Waals surface area contributed by atoms with Gasteiger partial charge in [0.1, 0.15) is 11.6 Å². The van der Waals surface area contributed by atoms with E-state index in [4.69, 9.17) is 10.7 Å². The molecule has 0 bridgehead atoms. The molecule has 2 aliphatic rings. The van der Waals surface area contributed by atoms with E-state index in [9.17, 15) is 0 Å². The highest BCUT2D eigenvalue weighted by atomic mass is 32.2. The number of hydrogen-bond acceptors (Lipinski definition) is 4. The molecule has 1 saturated heterocycles. The lowest BCUT2D eigenvalue weighted by Crippen LogP contribution is -2.07. The lowest BCUT2D eigenvalue weighted by atomic mass is 10.0. The van der Waals surface area contributed by atoms with Crippen molar-refractivity contribution in [3.05, 3.63) is 17.6 Å². The fraction of sp³-hybridized carbons (Fsp3) is 0.692. The zero-order valence-electron chi connectivity index (χ0n) is 10.1. The highest BCUT2D eigenvalue weighted by Crippen LogP contribution is 2.40. The smallest absolute Gasteiger partial charge is 0.143 e. The van der Waals surface area contributed by atoms with E-state index in [2.05, 4.69) is 4.98 Å². The van der Waals surface area contributed by atoms with Crippen molar-refractivity contribution in [2.75, 3.05) is 11.5 Å². The van der Waals surface area contributed by atoms with Crippen molar-refractivity contribution in [2.45, 2.75) is 49.7 Å². The molecule has 1 saturated carbocycles. The number of thioether (sulfide) groups is 1. The molecular weight excluding hydrogens is 230 g/mol. The number of rotatable bonds is 2. The third-order valence-electron chi connectivity index (χ3n) is 3.77. The maximum atomic E-state index is 5.93. The summed E-state index contributed by atoms with van der Waals surface area (Å²) in [5, 5.41) is 0.485. The van der Waals surface area contributed by atoms with Crippen LogP contribution in [0.5, 0.6) is 0 Å². The minimum absolute atomic E-state index is 0.485. The second kappa shape index (κ2) is 4.84. The number of aromatic nitrogens is 2. The molecule has 0 amide bonds. The first-order valence-electron chi connectivity index (χ1n) is 6.59. The number of nitrogen functional groups attached to an aromatic ring is 1. The molecule has 1 aromatic heterocycles. The van der Waals surface area contributed by atoms with Crippen LogP contribution < -0.4 is 5.73 Å². The minimum atomic E-state index is 0.485. The molecule has 4 heteroatoms. The van der Waals surface area contributed by atoms with Crippen molar-refractivity contribution in [3.63, 3.8) is 0 Å². The van der Waals surface area contributed by atoms with Crippen molar-refractivity contribution >= 4 is 17.6 Å². The molecule has 17 heavy (non-hydrogen) atoms. The standard InChI is InChI=1S/C13H19N3S/c14-12-8-10(9-4-1-2-5-9)15-13(16-12)11-6-3-7-17-11/h8-9,11H,1-7H2,(H2,14,15,16). The van der Waals surface area contributed by atoms with Gasteiger partial charge in [0.15, 0.2) is 0 Å². The fourth-order valence-corrected chi connectivity index (χ4v) is 4.07. The number of anilines is 1. The van der Waals surface area contributed by atoms with Crippen molar-refractivity contribution in [1.29, 1.82) is 0 Å². The van der Waals surface area contributed by atoms with Crippen LogP contribution in [-0.4, -0.2) is 15.7 Å². The van der Waals surface area contributed by atoms with Gasteiger partial charge in [0, 0.05) is 17.7 Å². The van der Waals surface area contributed by atoms with Gasteiger partial charge in [0.25, 0.3) is 0 Å². The zero-order valence-corrected chi connectivity index (χ0v) is 10.9. The monoisotopic (exact) mass is 249 g/mol. The third-order valence-corrected chi connectivity index (χ3v) is 5.15. The Kier molecular flexibility index (Phi) is 3.23. The van der Waals surface area contributed by atoms with Gasteiger partial charge in [-0.05, 0) is 31.4 Å². The molecule has 2 N–H and O–H groups in total. The maximum Gasteiger partial charge on any atom is 0.143 e. The Morgan fingerprint density at radius 3 is 2.65 bits per heavy atom. The summed E-state index contributed by atoms with van der Waals surface area (Å²) in [6, 6.07) is 1.99. The van der Waals surface area contributed by atoms with Crippen LogP contribution >= 0.6 is 11.8 Å². The molecule has 2 fully saturated rings. The molecule has 2 heterocycles. The van der Waals surface area contributed by atoms with E-state index in [-0.39, 0.29) is 0 Å². The summed E-state index contributed by atoms with van der Waals surface area (Å²) < 4.78 is 0. The summed E-state index contributed by atoms with van der Waals surface area (Å²) in [6.07, 6.45) is 7.70. The van der Waals surface area contributed by atoms with Crippen molar-refractivity contribution < 1.29 is 0 Å². The van der Waals surface area contributed by atoms with Crippen LogP contribution in [0.2, 0.25) is 0 Å². The number of nitrogens with two attached hydrogens (primary N) is 1. The topological polar surface area (TPSA) is 51.8 Å². The van der Waals surface area contributed by atoms with Gasteiger partial charge in [-0.1, -0.05) is 12.8 Å². The Morgan fingerprint density at radius 2 is 1.94 bits per heavy atom. The van der Waals surface area contributed by atoms with Gasteiger partial charge in [0.05, 0.1) is 5.25 Å². The second-order valence-corrected chi connectivity index (χ2v) is 6.37. The van der Waals surface area contributed by atoms with Crippen LogP contribution in [0.15, 0.2) is 6.07 Å². The van der Waals surface area contributed by atoms with Crippen LogP contribution in [-0.2, 0) is 0 Å². The predicted octanol–water partition coefficient (Wildman–Crippen LogP) is 3.28. The SMILES string of the molecule is Nc1cc(C2CCCC2)nc(C2CCCS2)n1. The molecule has 1 aromatic rings. The van der Waals surface area contributed by atoms with E-state index in [0.717, 1.165) is 5.82 Å². The quantitative estimate of drug-likeness (QED) is 0.874. The van der Waals surface area contributed by atoms with Crippen LogP contribution in [0.4, 0.5) is 5.82 Å². The van der Waals surface area contributed by atoms with E-state index in [1.807, 2.05) is 17.8 Å². The highest BCUT2D eigenvalue weighted by molar-refractivity contribution is 7.99. The van der Waals surface area contributed by atoms with Crippen LogP contribution in [0, 0.1) is 0 Å². The van der Waals surface area contributed by atoms with E-state index >= 15 is 0 Å². The van der Waals surface area contributed by atoms with Gasteiger partial charge in [-0.3, -0.25) is 0 Å². The van der Waals surface area contributed by atoms with Gasteiger partial charge in [-0.25, -0.2) is 9.97 Å². The fourth-order valence-electron chi connectivity index (χ4n) is 2.86. The second-order valence-electron chi connectivity index (χ2n) is 5.06. The molecule has 1 aliphatic carbocycles. The van der Waals surface area contributed by atoms with E-state index < -0.39 is 0 Å². The summed E-state index contributed by atoms with van der Waals surface area (Å²) in [6.45, 7) is 0. The molecule has 0 radical (unpaired) electrons. The van der Waals surface area contributed by atoms with Gasteiger partial charge in [-0.2, -0.15) is 11.8 Å². The zero-order chi connectivity index (χ0) is 11.7. The molecule has 0 spiro atoms. The molecule has 0 aromatic carbocycles. The summed E-state index contributed by atoms with van der Waals surface area (Å²) >= 11 is 1.97. The van der Waals surface area contributed by atoms with Crippen molar-refractivity contribution in [2.24, 2.45) is 0 Å². The summed E-state index contributed by atoms with van der Waals surface area (Å²) in [5.41, 5.74) is 7.13. The van der Waals surface area contributed by atoms with Gasteiger partial charge in [-0.15, -0.1) is 0 Å². The molecule has 1 aliphatic heterocycles. The Bertz CT molecular complexity index is 361. The van der Waals surface area contributed by atoms with Gasteiger partial charge < -0.3 is 5.73 Å². The first-order chi connectivity index (χ1) is 8.33. The summed E-state index contributed by atoms with van der Waals surface area (Å²) in [7, 11) is 0. The van der Waals surface area contributed by atoms with Crippen molar-refractivity contribution in [1.82, 2.24) is 9.97 Å². The Labute approximate surface area is 107 Å². The van der Waals surface area contributed by atoms with Crippen LogP contribution in [0.3, 0.4) is 0 Å². The van der Waals surface area contributed by atoms with Crippen LogP contribution in [0.1, 0.15) is 61.2 Å². The van der Waals surface area contributed by atoms with E-state index in [1.165, 1.54) is 50.0 Å². The summed E-state index contributed by atoms with van der Waals surface area (Å²) in [4.78, 5) is 9.22. The Morgan fingerprint density at radius 1 is 1.12 bits per heavy atom. The molecule has 1 atom stereocenters. The van der Waals surface area contributed by atoms with E-state index in [1.54, 1.807) is 0 Å². The van der Waals surface area contributed by atoms with Crippen molar-refractivity contribution in [3.8, 4) is 0 Å². The van der Waals surface area contributed by atoms with Gasteiger partial charge >= 0.3 is 0 Å². The summed E-state index contributed by atoms with van der Waals surface area (Å²) in [5.74, 6) is 3.51. The lowest BCUT2D eigenvalue weighted by Gasteiger charge is -2.13. The minimum Gasteiger partial charge on any atom is -0.384 e. The maximum absolute atomic E-state index is 5.93. The average molecular weight is 249 g/mol. The molecule has 3 rings (SSSR count). The number of hydrogen-bond donors (Lipinski definition) is 1. The number of nitrogens with zero attached hydrogens (tertiary/aromatic N) is 2. The Hall–Kier alpha value is -0.770. The molecular formula is C13H19N3S. The molecule has 3 nitrogen and oxygen atoms in total. The van der Waals surface area contributed by atoms with Crippen LogP contribution in [0.25, 0.3) is 0 Å². The molecule has 92 valence electrons. The highest BCUT2D eigenvalue weighted by Gasteiger charge is 2.24.